The van der Waals surface area contributed by atoms with Crippen LogP contribution in [0.3, 0.4) is 0 Å². The zero-order valence-corrected chi connectivity index (χ0v) is 12.2. The van der Waals surface area contributed by atoms with Crippen LogP contribution in [0.5, 0.6) is 0 Å². The lowest BCUT2D eigenvalue weighted by Gasteiger charge is -2.15. The second-order valence-corrected chi connectivity index (χ2v) is 5.15. The van der Waals surface area contributed by atoms with Crippen molar-refractivity contribution in [2.75, 3.05) is 0 Å². The van der Waals surface area contributed by atoms with Gasteiger partial charge in [-0.05, 0) is 18.9 Å². The quantitative estimate of drug-likeness (QED) is 0.939. The molecule has 0 spiro atoms. The first-order chi connectivity index (χ1) is 8.65. The molecular formula is C14H17BrN2O. The number of aryl methyl sites for hydroxylation is 2. The molecule has 4 heteroatoms. The Hall–Kier alpha value is -1.13. The summed E-state index contributed by atoms with van der Waals surface area (Å²) in [5, 5.41) is 10.5. The molecule has 0 aliphatic heterocycles. The van der Waals surface area contributed by atoms with Crippen LogP contribution >= 0.6 is 15.9 Å². The highest BCUT2D eigenvalue weighted by molar-refractivity contribution is 9.10. The fourth-order valence-corrected chi connectivity index (χ4v) is 2.50. The van der Waals surface area contributed by atoms with Gasteiger partial charge in [0.2, 0.25) is 0 Å². The minimum Gasteiger partial charge on any atom is -0.380 e. The van der Waals surface area contributed by atoms with Crippen LogP contribution in [0.15, 0.2) is 35.1 Å². The molecule has 0 aliphatic rings. The van der Waals surface area contributed by atoms with Gasteiger partial charge in [-0.25, -0.2) is 4.98 Å². The Morgan fingerprint density at radius 2 is 2.22 bits per heavy atom. The molecule has 0 bridgehead atoms. The Bertz CT molecular complexity index is 536. The molecule has 3 nitrogen and oxygen atoms in total. The van der Waals surface area contributed by atoms with Gasteiger partial charge in [-0.1, -0.05) is 41.1 Å². The normalized spacial score (nSPS) is 12.7. The maximum absolute atomic E-state index is 10.5. The molecular weight excluding hydrogens is 292 g/mol. The lowest BCUT2D eigenvalue weighted by molar-refractivity contribution is 0.203. The number of halogens is 1. The van der Waals surface area contributed by atoms with Crippen LogP contribution in [0.4, 0.5) is 0 Å². The number of imidazole rings is 1. The lowest BCUT2D eigenvalue weighted by Crippen LogP contribution is -2.10. The number of aliphatic hydroxyl groups excluding tert-OH is 1. The Morgan fingerprint density at radius 1 is 1.44 bits per heavy atom. The van der Waals surface area contributed by atoms with Gasteiger partial charge in [-0.3, -0.25) is 0 Å². The number of benzene rings is 1. The summed E-state index contributed by atoms with van der Waals surface area (Å²) in [6.45, 7) is 4.99. The van der Waals surface area contributed by atoms with Gasteiger partial charge in [-0.2, -0.15) is 0 Å². The number of nitrogens with zero attached hydrogens (tertiary/aromatic N) is 2. The third-order valence-corrected chi connectivity index (χ3v) is 4.06. The third-order valence-electron chi connectivity index (χ3n) is 2.97. The van der Waals surface area contributed by atoms with E-state index in [4.69, 9.17) is 0 Å². The highest BCUT2D eigenvalue weighted by Crippen LogP contribution is 2.30. The first-order valence-corrected chi connectivity index (χ1v) is 6.88. The van der Waals surface area contributed by atoms with E-state index in [2.05, 4.69) is 27.8 Å². The molecule has 1 N–H and O–H groups in total. The van der Waals surface area contributed by atoms with Gasteiger partial charge in [0, 0.05) is 29.0 Å². The summed E-state index contributed by atoms with van der Waals surface area (Å²) in [6, 6.07) is 5.89. The number of aromatic nitrogens is 2. The minimum atomic E-state index is -0.694. The van der Waals surface area contributed by atoms with Gasteiger partial charge in [-0.15, -0.1) is 0 Å². The van der Waals surface area contributed by atoms with E-state index in [9.17, 15) is 5.11 Å². The molecule has 1 unspecified atom stereocenters. The molecule has 2 rings (SSSR count). The second kappa shape index (κ2) is 5.67. The molecule has 2 aromatic rings. The SMILES string of the molecule is CCCn1ccnc1C(O)c1cccc(C)c1Br. The van der Waals surface area contributed by atoms with Crippen molar-refractivity contribution in [3.63, 3.8) is 0 Å². The van der Waals surface area contributed by atoms with Gasteiger partial charge >= 0.3 is 0 Å². The Balaban J connectivity index is 2.38. The molecule has 96 valence electrons. The maximum Gasteiger partial charge on any atom is 0.142 e. The molecule has 1 aromatic heterocycles. The van der Waals surface area contributed by atoms with Crippen molar-refractivity contribution in [3.05, 3.63) is 52.0 Å². The number of hydrogen-bond donors (Lipinski definition) is 1. The lowest BCUT2D eigenvalue weighted by atomic mass is 10.1. The van der Waals surface area contributed by atoms with Crippen LogP contribution in [-0.2, 0) is 6.54 Å². The van der Waals surface area contributed by atoms with Crippen molar-refractivity contribution in [3.8, 4) is 0 Å². The molecule has 1 heterocycles. The Labute approximate surface area is 116 Å². The number of hydrogen-bond acceptors (Lipinski definition) is 2. The van der Waals surface area contributed by atoms with Crippen molar-refractivity contribution < 1.29 is 5.11 Å². The van der Waals surface area contributed by atoms with Crippen LogP contribution in [0.2, 0.25) is 0 Å². The average molecular weight is 309 g/mol. The van der Waals surface area contributed by atoms with Gasteiger partial charge in [0.25, 0.3) is 0 Å². The first kappa shape index (κ1) is 13.3. The maximum atomic E-state index is 10.5. The van der Waals surface area contributed by atoms with Gasteiger partial charge in [0.05, 0.1) is 0 Å². The Kier molecular flexibility index (Phi) is 4.19. The molecule has 0 amide bonds. The van der Waals surface area contributed by atoms with E-state index in [0.29, 0.717) is 5.82 Å². The summed E-state index contributed by atoms with van der Waals surface area (Å²) in [5.41, 5.74) is 1.97. The fourth-order valence-electron chi connectivity index (χ4n) is 2.02. The van der Waals surface area contributed by atoms with Crippen LogP contribution in [0, 0.1) is 6.92 Å². The highest BCUT2D eigenvalue weighted by atomic mass is 79.9. The summed E-state index contributed by atoms with van der Waals surface area (Å²) in [7, 11) is 0. The van der Waals surface area contributed by atoms with E-state index in [1.807, 2.05) is 35.9 Å². The molecule has 0 radical (unpaired) electrons. The first-order valence-electron chi connectivity index (χ1n) is 6.09. The molecule has 1 atom stereocenters. The van der Waals surface area contributed by atoms with Crippen LogP contribution in [0.25, 0.3) is 0 Å². The predicted octanol–water partition coefficient (Wildman–Crippen LogP) is 3.45. The summed E-state index contributed by atoms with van der Waals surface area (Å²) >= 11 is 3.53. The summed E-state index contributed by atoms with van der Waals surface area (Å²) in [4.78, 5) is 4.27. The predicted molar refractivity (Wildman–Crippen MR) is 75.5 cm³/mol. The van der Waals surface area contributed by atoms with E-state index in [1.54, 1.807) is 6.20 Å². The van der Waals surface area contributed by atoms with Crippen molar-refractivity contribution >= 4 is 15.9 Å². The van der Waals surface area contributed by atoms with Crippen molar-refractivity contribution in [2.45, 2.75) is 32.9 Å². The summed E-state index contributed by atoms with van der Waals surface area (Å²) < 4.78 is 2.95. The molecule has 0 saturated heterocycles. The van der Waals surface area contributed by atoms with Crippen LogP contribution in [0.1, 0.15) is 36.4 Å². The van der Waals surface area contributed by atoms with Crippen LogP contribution in [-0.4, -0.2) is 14.7 Å². The second-order valence-electron chi connectivity index (χ2n) is 4.36. The van der Waals surface area contributed by atoms with E-state index < -0.39 is 6.10 Å². The third kappa shape index (κ3) is 2.49. The smallest absolute Gasteiger partial charge is 0.142 e. The zero-order valence-electron chi connectivity index (χ0n) is 10.6. The van der Waals surface area contributed by atoms with Crippen LogP contribution < -0.4 is 0 Å². The molecule has 0 fully saturated rings. The van der Waals surface area contributed by atoms with Gasteiger partial charge in [0.1, 0.15) is 11.9 Å². The van der Waals surface area contributed by atoms with E-state index in [0.717, 1.165) is 28.6 Å². The van der Waals surface area contributed by atoms with Gasteiger partial charge in [0.15, 0.2) is 0 Å². The molecule has 18 heavy (non-hydrogen) atoms. The van der Waals surface area contributed by atoms with E-state index in [-0.39, 0.29) is 0 Å². The summed E-state index contributed by atoms with van der Waals surface area (Å²) in [5.74, 6) is 0.697. The average Bonchev–Trinajstić information content (AvgIpc) is 2.80. The molecule has 0 saturated carbocycles. The van der Waals surface area contributed by atoms with Crippen molar-refractivity contribution in [2.24, 2.45) is 0 Å². The molecule has 1 aromatic carbocycles. The molecule has 0 aliphatic carbocycles. The zero-order chi connectivity index (χ0) is 13.1. The monoisotopic (exact) mass is 308 g/mol. The standard InChI is InChI=1S/C14H17BrN2O/c1-3-8-17-9-7-16-14(17)13(18)11-6-4-5-10(2)12(11)15/h4-7,9,13,18H,3,8H2,1-2H3. The Morgan fingerprint density at radius 3 is 2.94 bits per heavy atom. The fraction of sp³-hybridized carbons (Fsp3) is 0.357. The topological polar surface area (TPSA) is 38.0 Å². The minimum absolute atomic E-state index is 0.694. The largest absolute Gasteiger partial charge is 0.380 e. The van der Waals surface area contributed by atoms with Crippen molar-refractivity contribution in [1.29, 1.82) is 0 Å². The number of rotatable bonds is 4. The highest BCUT2D eigenvalue weighted by Gasteiger charge is 2.18. The van der Waals surface area contributed by atoms with Crippen molar-refractivity contribution in [1.82, 2.24) is 9.55 Å². The van der Waals surface area contributed by atoms with Gasteiger partial charge < -0.3 is 9.67 Å². The van der Waals surface area contributed by atoms with E-state index in [1.165, 1.54) is 0 Å². The van der Waals surface area contributed by atoms with E-state index >= 15 is 0 Å². The summed E-state index contributed by atoms with van der Waals surface area (Å²) in [6.07, 6.45) is 3.97. The number of aliphatic hydroxyl groups is 1.